The number of anilines is 1. The van der Waals surface area contributed by atoms with Crippen molar-refractivity contribution in [3.05, 3.63) is 63.2 Å². The van der Waals surface area contributed by atoms with E-state index in [-0.39, 0.29) is 11.3 Å². The van der Waals surface area contributed by atoms with Crippen LogP contribution in [0.1, 0.15) is 28.4 Å². The largest absolute Gasteiger partial charge is 0.449 e. The molecule has 0 unspecified atom stereocenters. The van der Waals surface area contributed by atoms with Gasteiger partial charge in [0.25, 0.3) is 11.6 Å². The van der Waals surface area contributed by atoms with Crippen molar-refractivity contribution < 1.29 is 19.2 Å². The van der Waals surface area contributed by atoms with Crippen molar-refractivity contribution in [2.45, 2.75) is 31.8 Å². The molecule has 2 aromatic rings. The Morgan fingerprint density at radius 3 is 2.37 bits per heavy atom. The van der Waals surface area contributed by atoms with Gasteiger partial charge in [-0.15, -0.1) is 11.8 Å². The van der Waals surface area contributed by atoms with Crippen LogP contribution in [-0.2, 0) is 9.53 Å². The standard InChI is InChI=1S/C19H20N2O5S/c1-11-6-5-7-12(2)17(11)20-18(22)13(3)26-19(23)14-8-9-16(27-4)15(10-14)21(24)25/h5-10,13H,1-4H3,(H,20,22)/t13-/m1/s1. The molecule has 7 nitrogen and oxygen atoms in total. The number of hydrogen-bond acceptors (Lipinski definition) is 6. The first-order valence-corrected chi connectivity index (χ1v) is 9.37. The molecule has 0 saturated carbocycles. The number of nitro benzene ring substituents is 1. The highest BCUT2D eigenvalue weighted by atomic mass is 32.2. The summed E-state index contributed by atoms with van der Waals surface area (Å²) in [6.07, 6.45) is 0.649. The Bertz CT molecular complexity index is 877. The van der Waals surface area contributed by atoms with Crippen LogP contribution < -0.4 is 5.32 Å². The number of amides is 1. The molecule has 0 aliphatic heterocycles. The number of benzene rings is 2. The predicted molar refractivity (Wildman–Crippen MR) is 104 cm³/mol. The lowest BCUT2D eigenvalue weighted by Crippen LogP contribution is -2.30. The fourth-order valence-electron chi connectivity index (χ4n) is 2.48. The van der Waals surface area contributed by atoms with Crippen molar-refractivity contribution in [2.24, 2.45) is 0 Å². The monoisotopic (exact) mass is 388 g/mol. The maximum absolute atomic E-state index is 12.4. The first kappa shape index (κ1) is 20.4. The highest BCUT2D eigenvalue weighted by molar-refractivity contribution is 7.98. The second kappa shape index (κ2) is 8.68. The van der Waals surface area contributed by atoms with E-state index in [2.05, 4.69) is 5.32 Å². The van der Waals surface area contributed by atoms with Crippen LogP contribution in [0.3, 0.4) is 0 Å². The Balaban J connectivity index is 2.12. The van der Waals surface area contributed by atoms with Crippen LogP contribution in [-0.4, -0.2) is 29.2 Å². The van der Waals surface area contributed by atoms with Crippen LogP contribution in [0.5, 0.6) is 0 Å². The average Bonchev–Trinajstić information content (AvgIpc) is 2.63. The minimum Gasteiger partial charge on any atom is -0.449 e. The molecule has 0 aliphatic rings. The van der Waals surface area contributed by atoms with Crippen LogP contribution in [0.2, 0.25) is 0 Å². The summed E-state index contributed by atoms with van der Waals surface area (Å²) in [5, 5.41) is 13.9. The smallest absolute Gasteiger partial charge is 0.339 e. The number of carbonyl (C=O) groups is 2. The van der Waals surface area contributed by atoms with Gasteiger partial charge in [-0.2, -0.15) is 0 Å². The van der Waals surface area contributed by atoms with Crippen LogP contribution in [0.4, 0.5) is 11.4 Å². The van der Waals surface area contributed by atoms with E-state index < -0.39 is 22.9 Å². The van der Waals surface area contributed by atoms with E-state index in [0.29, 0.717) is 10.6 Å². The second-order valence-corrected chi connectivity index (χ2v) is 6.80. The number of hydrogen-bond donors (Lipinski definition) is 1. The van der Waals surface area contributed by atoms with E-state index in [1.54, 1.807) is 6.26 Å². The van der Waals surface area contributed by atoms with Gasteiger partial charge in [0, 0.05) is 11.8 Å². The first-order chi connectivity index (χ1) is 12.7. The molecule has 1 N–H and O–H groups in total. The number of esters is 1. The summed E-state index contributed by atoms with van der Waals surface area (Å²) >= 11 is 1.21. The van der Waals surface area contributed by atoms with Gasteiger partial charge in [0.2, 0.25) is 0 Å². The van der Waals surface area contributed by atoms with Gasteiger partial charge in [-0.25, -0.2) is 4.79 Å². The molecule has 1 atom stereocenters. The van der Waals surface area contributed by atoms with Crippen molar-refractivity contribution in [1.82, 2.24) is 0 Å². The molecule has 2 aromatic carbocycles. The lowest BCUT2D eigenvalue weighted by atomic mass is 10.1. The number of para-hydroxylation sites is 1. The van der Waals surface area contributed by atoms with Crippen LogP contribution in [0.15, 0.2) is 41.3 Å². The Morgan fingerprint density at radius 2 is 1.81 bits per heavy atom. The predicted octanol–water partition coefficient (Wildman–Crippen LogP) is 4.12. The summed E-state index contributed by atoms with van der Waals surface area (Å²) in [5.74, 6) is -1.27. The van der Waals surface area contributed by atoms with Crippen molar-refractivity contribution >= 4 is 35.0 Å². The quantitative estimate of drug-likeness (QED) is 0.346. The number of rotatable bonds is 6. The van der Waals surface area contributed by atoms with Crippen LogP contribution in [0, 0.1) is 24.0 Å². The van der Waals surface area contributed by atoms with E-state index in [0.717, 1.165) is 17.2 Å². The molecule has 2 rings (SSSR count). The molecule has 1 amide bonds. The number of nitrogens with one attached hydrogen (secondary N) is 1. The van der Waals surface area contributed by atoms with E-state index in [1.807, 2.05) is 32.0 Å². The average molecular weight is 388 g/mol. The number of ether oxygens (including phenoxy) is 1. The van der Waals surface area contributed by atoms with Crippen molar-refractivity contribution in [3.63, 3.8) is 0 Å². The van der Waals surface area contributed by atoms with Crippen molar-refractivity contribution in [2.75, 3.05) is 11.6 Å². The Hall–Kier alpha value is -2.87. The number of nitrogens with zero attached hydrogens (tertiary/aromatic N) is 1. The third kappa shape index (κ3) is 4.85. The van der Waals surface area contributed by atoms with E-state index >= 15 is 0 Å². The Morgan fingerprint density at radius 1 is 1.19 bits per heavy atom. The lowest BCUT2D eigenvalue weighted by Gasteiger charge is -2.16. The fraction of sp³-hybridized carbons (Fsp3) is 0.263. The summed E-state index contributed by atoms with van der Waals surface area (Å²) < 4.78 is 5.18. The molecule has 0 spiro atoms. The molecule has 0 bridgehead atoms. The third-order valence-electron chi connectivity index (χ3n) is 3.99. The molecule has 27 heavy (non-hydrogen) atoms. The zero-order valence-electron chi connectivity index (χ0n) is 15.4. The van der Waals surface area contributed by atoms with Crippen molar-refractivity contribution in [3.8, 4) is 0 Å². The van der Waals surface area contributed by atoms with Gasteiger partial charge in [-0.1, -0.05) is 18.2 Å². The van der Waals surface area contributed by atoms with E-state index in [4.69, 9.17) is 4.74 Å². The van der Waals surface area contributed by atoms with Gasteiger partial charge >= 0.3 is 5.97 Å². The van der Waals surface area contributed by atoms with Crippen molar-refractivity contribution in [1.29, 1.82) is 0 Å². The number of carbonyl (C=O) groups excluding carboxylic acids is 2. The third-order valence-corrected chi connectivity index (χ3v) is 4.78. The molecular weight excluding hydrogens is 368 g/mol. The number of nitro groups is 1. The molecule has 142 valence electrons. The van der Waals surface area contributed by atoms with Gasteiger partial charge in [0.05, 0.1) is 15.4 Å². The van der Waals surface area contributed by atoms with Gasteiger partial charge < -0.3 is 10.1 Å². The topological polar surface area (TPSA) is 98.5 Å². The summed E-state index contributed by atoms with van der Waals surface area (Å²) in [6, 6.07) is 9.70. The molecule has 0 heterocycles. The number of thioether (sulfide) groups is 1. The summed E-state index contributed by atoms with van der Waals surface area (Å²) in [7, 11) is 0. The van der Waals surface area contributed by atoms with Crippen LogP contribution in [0.25, 0.3) is 0 Å². The maximum atomic E-state index is 12.4. The summed E-state index contributed by atoms with van der Waals surface area (Å²) in [4.78, 5) is 35.7. The normalized spacial score (nSPS) is 11.6. The second-order valence-electron chi connectivity index (χ2n) is 5.95. The van der Waals surface area contributed by atoms with E-state index in [1.165, 1.54) is 30.8 Å². The SMILES string of the molecule is CSc1ccc(C(=O)O[C@H](C)C(=O)Nc2c(C)cccc2C)cc1[N+](=O)[O-]. The van der Waals surface area contributed by atoms with Gasteiger partial charge in [-0.3, -0.25) is 14.9 Å². The molecule has 0 aliphatic carbocycles. The van der Waals surface area contributed by atoms with Gasteiger partial charge in [-0.05, 0) is 50.3 Å². The summed E-state index contributed by atoms with van der Waals surface area (Å²) in [6.45, 7) is 5.18. The highest BCUT2D eigenvalue weighted by Gasteiger charge is 2.22. The zero-order valence-corrected chi connectivity index (χ0v) is 16.3. The maximum Gasteiger partial charge on any atom is 0.339 e. The van der Waals surface area contributed by atoms with E-state index in [9.17, 15) is 19.7 Å². The molecule has 0 radical (unpaired) electrons. The van der Waals surface area contributed by atoms with Gasteiger partial charge in [0.15, 0.2) is 6.10 Å². The van der Waals surface area contributed by atoms with Crippen LogP contribution >= 0.6 is 11.8 Å². The zero-order chi connectivity index (χ0) is 20.1. The highest BCUT2D eigenvalue weighted by Crippen LogP contribution is 2.28. The molecule has 8 heteroatoms. The molecule has 0 saturated heterocycles. The molecule has 0 fully saturated rings. The Kier molecular flexibility index (Phi) is 6.57. The minimum atomic E-state index is -1.06. The first-order valence-electron chi connectivity index (χ1n) is 8.15. The molecular formula is C19H20N2O5S. The summed E-state index contributed by atoms with van der Waals surface area (Å²) in [5.41, 5.74) is 2.30. The van der Waals surface area contributed by atoms with Gasteiger partial charge in [0.1, 0.15) is 0 Å². The lowest BCUT2D eigenvalue weighted by molar-refractivity contribution is -0.387. The fourth-order valence-corrected chi connectivity index (χ4v) is 3.02. The Labute approximate surface area is 161 Å². The minimum absolute atomic E-state index is 0.0197. The molecule has 0 aromatic heterocycles. The number of aryl methyl sites for hydroxylation is 2.